The summed E-state index contributed by atoms with van der Waals surface area (Å²) in [5.74, 6) is 0. The fourth-order valence-electron chi connectivity index (χ4n) is 0.721. The van der Waals surface area contributed by atoms with Gasteiger partial charge < -0.3 is 5.73 Å². The molecule has 5 heteroatoms. The number of pyridine rings is 1. The third-order valence-electron chi connectivity index (χ3n) is 1.22. The Morgan fingerprint density at radius 1 is 1.33 bits per heavy atom. The lowest BCUT2D eigenvalue weighted by Crippen LogP contribution is -2.02. The first-order valence-corrected chi connectivity index (χ1v) is 3.92. The van der Waals surface area contributed by atoms with E-state index in [2.05, 4.69) is 20.9 Å². The van der Waals surface area contributed by atoms with Gasteiger partial charge in [-0.1, -0.05) is 6.07 Å². The fourth-order valence-corrected chi connectivity index (χ4v) is 0.956. The Morgan fingerprint density at radius 2 is 2.00 bits per heavy atom. The van der Waals surface area contributed by atoms with Crippen molar-refractivity contribution in [2.45, 2.75) is 6.42 Å². The van der Waals surface area contributed by atoms with Crippen molar-refractivity contribution in [3.63, 3.8) is 0 Å². The van der Waals surface area contributed by atoms with Crippen LogP contribution in [0, 0.1) is 0 Å². The van der Waals surface area contributed by atoms with Crippen molar-refractivity contribution < 1.29 is 0 Å². The second kappa shape index (κ2) is 7.80. The van der Waals surface area contributed by atoms with Crippen molar-refractivity contribution in [2.24, 2.45) is 5.73 Å². The molecule has 0 radical (unpaired) electrons. The highest BCUT2D eigenvalue weighted by Crippen LogP contribution is 2.05. The highest BCUT2D eigenvalue weighted by atomic mass is 79.9. The molecule has 70 valence electrons. The zero-order valence-corrected chi connectivity index (χ0v) is 9.58. The van der Waals surface area contributed by atoms with Crippen LogP contribution in [0.4, 0.5) is 0 Å². The maximum Gasteiger partial charge on any atom is 0.106 e. The summed E-state index contributed by atoms with van der Waals surface area (Å²) in [6.07, 6.45) is 2.73. The molecule has 0 bridgehead atoms. The third-order valence-corrected chi connectivity index (χ3v) is 1.69. The SMILES string of the molecule is Cl.Cl.NCCc1ccc(Br)nc1. The topological polar surface area (TPSA) is 38.9 Å². The number of aromatic nitrogens is 1. The zero-order valence-electron chi connectivity index (χ0n) is 6.37. The molecule has 0 spiro atoms. The van der Waals surface area contributed by atoms with Crippen LogP contribution >= 0.6 is 40.7 Å². The average Bonchev–Trinajstić information content (AvgIpc) is 1.95. The number of hydrogen-bond donors (Lipinski definition) is 1. The molecule has 1 aromatic heterocycles. The van der Waals surface area contributed by atoms with E-state index < -0.39 is 0 Å². The molecule has 0 aliphatic heterocycles. The summed E-state index contributed by atoms with van der Waals surface area (Å²) in [7, 11) is 0. The summed E-state index contributed by atoms with van der Waals surface area (Å²) < 4.78 is 0.869. The minimum Gasteiger partial charge on any atom is -0.330 e. The molecule has 0 aromatic carbocycles. The molecule has 0 amide bonds. The van der Waals surface area contributed by atoms with Crippen molar-refractivity contribution in [2.75, 3.05) is 6.54 Å². The smallest absolute Gasteiger partial charge is 0.106 e. The minimum atomic E-state index is 0. The predicted octanol–water partition coefficient (Wildman–Crippen LogP) is 2.19. The average molecular weight is 274 g/mol. The predicted molar refractivity (Wildman–Crippen MR) is 59.2 cm³/mol. The number of rotatable bonds is 2. The Balaban J connectivity index is 0. The van der Waals surface area contributed by atoms with Crippen LogP contribution in [-0.2, 0) is 6.42 Å². The van der Waals surface area contributed by atoms with Crippen molar-refractivity contribution in [1.29, 1.82) is 0 Å². The Morgan fingerprint density at radius 3 is 2.42 bits per heavy atom. The van der Waals surface area contributed by atoms with Gasteiger partial charge in [-0.15, -0.1) is 24.8 Å². The van der Waals surface area contributed by atoms with Gasteiger partial charge in [0.2, 0.25) is 0 Å². The fraction of sp³-hybridized carbons (Fsp3) is 0.286. The third kappa shape index (κ3) is 4.93. The maximum absolute atomic E-state index is 5.36. The van der Waals surface area contributed by atoms with Gasteiger partial charge >= 0.3 is 0 Å². The highest BCUT2D eigenvalue weighted by molar-refractivity contribution is 9.10. The van der Waals surface area contributed by atoms with Crippen LogP contribution in [0.25, 0.3) is 0 Å². The lowest BCUT2D eigenvalue weighted by atomic mass is 10.2. The van der Waals surface area contributed by atoms with Crippen LogP contribution in [-0.4, -0.2) is 11.5 Å². The summed E-state index contributed by atoms with van der Waals surface area (Å²) in [5, 5.41) is 0. The summed E-state index contributed by atoms with van der Waals surface area (Å²) in [5.41, 5.74) is 6.54. The van der Waals surface area contributed by atoms with E-state index in [0.29, 0.717) is 6.54 Å². The van der Waals surface area contributed by atoms with Crippen LogP contribution in [0.2, 0.25) is 0 Å². The summed E-state index contributed by atoms with van der Waals surface area (Å²) in [4.78, 5) is 4.06. The zero-order chi connectivity index (χ0) is 7.40. The van der Waals surface area contributed by atoms with Gasteiger partial charge in [0.15, 0.2) is 0 Å². The van der Waals surface area contributed by atoms with Gasteiger partial charge in [0.25, 0.3) is 0 Å². The highest BCUT2D eigenvalue weighted by Gasteiger charge is 1.90. The molecular formula is C7H11BrCl2N2. The summed E-state index contributed by atoms with van der Waals surface area (Å²) in [6.45, 7) is 0.684. The van der Waals surface area contributed by atoms with E-state index in [0.717, 1.165) is 11.0 Å². The van der Waals surface area contributed by atoms with Crippen LogP contribution in [0.15, 0.2) is 22.9 Å². The van der Waals surface area contributed by atoms with Gasteiger partial charge in [-0.25, -0.2) is 4.98 Å². The van der Waals surface area contributed by atoms with Crippen LogP contribution in [0.1, 0.15) is 5.56 Å². The first kappa shape index (κ1) is 14.7. The summed E-state index contributed by atoms with van der Waals surface area (Å²) in [6, 6.07) is 3.94. The molecule has 0 aliphatic carbocycles. The molecule has 0 unspecified atom stereocenters. The monoisotopic (exact) mass is 272 g/mol. The van der Waals surface area contributed by atoms with E-state index >= 15 is 0 Å². The Hall–Kier alpha value is 0.170. The van der Waals surface area contributed by atoms with Crippen molar-refractivity contribution in [1.82, 2.24) is 4.98 Å². The molecule has 1 rings (SSSR count). The lowest BCUT2D eigenvalue weighted by Gasteiger charge is -1.95. The molecule has 1 heterocycles. The van der Waals surface area contributed by atoms with Crippen LogP contribution in [0.3, 0.4) is 0 Å². The van der Waals surface area contributed by atoms with Crippen molar-refractivity contribution in [3.05, 3.63) is 28.5 Å². The molecule has 0 saturated carbocycles. The number of nitrogens with zero attached hydrogens (tertiary/aromatic N) is 1. The van der Waals surface area contributed by atoms with Gasteiger partial charge in [-0.05, 0) is 40.5 Å². The van der Waals surface area contributed by atoms with E-state index in [9.17, 15) is 0 Å². The molecule has 0 saturated heterocycles. The minimum absolute atomic E-state index is 0. The van der Waals surface area contributed by atoms with Crippen LogP contribution in [0.5, 0.6) is 0 Å². The molecule has 2 nitrogen and oxygen atoms in total. The number of halogens is 3. The van der Waals surface area contributed by atoms with E-state index in [1.807, 2.05) is 18.3 Å². The molecule has 0 fully saturated rings. The normalized spacial score (nSPS) is 8.17. The first-order chi connectivity index (χ1) is 4.83. The van der Waals surface area contributed by atoms with E-state index in [1.54, 1.807) is 0 Å². The molecule has 0 aliphatic rings. The maximum atomic E-state index is 5.36. The van der Waals surface area contributed by atoms with E-state index in [1.165, 1.54) is 5.56 Å². The molecule has 12 heavy (non-hydrogen) atoms. The number of nitrogens with two attached hydrogens (primary N) is 1. The van der Waals surface area contributed by atoms with Gasteiger partial charge in [-0.2, -0.15) is 0 Å². The van der Waals surface area contributed by atoms with Gasteiger partial charge in [0.1, 0.15) is 4.60 Å². The Kier molecular flexibility index (Phi) is 9.54. The van der Waals surface area contributed by atoms with Crippen molar-refractivity contribution >= 4 is 40.7 Å². The van der Waals surface area contributed by atoms with E-state index in [-0.39, 0.29) is 24.8 Å². The Labute approximate surface area is 92.9 Å². The van der Waals surface area contributed by atoms with Crippen molar-refractivity contribution in [3.8, 4) is 0 Å². The molecule has 0 atom stereocenters. The van der Waals surface area contributed by atoms with E-state index in [4.69, 9.17) is 5.73 Å². The second-order valence-corrected chi connectivity index (χ2v) is 2.84. The quantitative estimate of drug-likeness (QED) is 0.839. The van der Waals surface area contributed by atoms with Gasteiger partial charge in [0, 0.05) is 6.20 Å². The summed E-state index contributed by atoms with van der Waals surface area (Å²) >= 11 is 3.25. The lowest BCUT2D eigenvalue weighted by molar-refractivity contribution is 0.956. The molecular weight excluding hydrogens is 263 g/mol. The molecule has 1 aromatic rings. The second-order valence-electron chi connectivity index (χ2n) is 2.03. The Bertz CT molecular complexity index is 203. The molecule has 2 N–H and O–H groups in total. The standard InChI is InChI=1S/C7H9BrN2.2ClH/c8-7-2-1-6(3-4-9)5-10-7;;/h1-2,5H,3-4,9H2;2*1H. The van der Waals surface area contributed by atoms with Crippen LogP contribution < -0.4 is 5.73 Å². The number of hydrogen-bond acceptors (Lipinski definition) is 2. The van der Waals surface area contributed by atoms with Gasteiger partial charge in [-0.3, -0.25) is 0 Å². The first-order valence-electron chi connectivity index (χ1n) is 3.13. The largest absolute Gasteiger partial charge is 0.330 e. The van der Waals surface area contributed by atoms with Gasteiger partial charge in [0.05, 0.1) is 0 Å².